The summed E-state index contributed by atoms with van der Waals surface area (Å²) in [4.78, 5) is 123. The fraction of sp³-hybridized carbons (Fsp3) is 0.359. The van der Waals surface area contributed by atoms with Gasteiger partial charge in [0.05, 0.1) is 35.9 Å². The third kappa shape index (κ3) is 17.3. The molecule has 43 heteroatoms. The fourth-order valence-electron chi connectivity index (χ4n) is 14.9. The lowest BCUT2D eigenvalue weighted by Crippen LogP contribution is -2.65. The summed E-state index contributed by atoms with van der Waals surface area (Å²) in [5.74, 6) is -18.6. The number of rotatable bonds is 11. The highest BCUT2D eigenvalue weighted by Gasteiger charge is 2.52. The van der Waals surface area contributed by atoms with Gasteiger partial charge in [-0.15, -0.1) is 0 Å². The van der Waals surface area contributed by atoms with Gasteiger partial charge in [0.25, 0.3) is 0 Å². The first-order valence-corrected chi connectivity index (χ1v) is 37.9. The monoisotopic (exact) mass is 1720 g/mol. The molecule has 0 aromatic heterocycles. The summed E-state index contributed by atoms with van der Waals surface area (Å²) >= 11 is 14.5. The van der Waals surface area contributed by atoms with E-state index in [1.165, 1.54) is 30.3 Å². The molecule has 7 amide bonds. The van der Waals surface area contributed by atoms with Crippen LogP contribution in [0.4, 0.5) is 0 Å². The highest BCUT2D eigenvalue weighted by atomic mass is 35.5. The Kier molecular flexibility index (Phi) is 24.7. The Bertz CT molecular complexity index is 5240. The summed E-state index contributed by atoms with van der Waals surface area (Å²) in [6, 6.07) is 0.910. The van der Waals surface area contributed by atoms with E-state index >= 15 is 24.0 Å². The second kappa shape index (κ2) is 34.9. The third-order valence-corrected chi connectivity index (χ3v) is 21.8. The normalized spacial score (nSPS) is 30.5. The molecule has 9 heterocycles. The van der Waals surface area contributed by atoms with Gasteiger partial charge in [0.2, 0.25) is 59.7 Å². The van der Waals surface area contributed by atoms with Gasteiger partial charge < -0.3 is 168 Å². The molecule has 16 rings (SSSR count). The van der Waals surface area contributed by atoms with Crippen molar-refractivity contribution in [2.75, 3.05) is 19.8 Å². The third-order valence-electron chi connectivity index (χ3n) is 21.2. The molecule has 642 valence electrons. The average Bonchev–Trinajstić information content (AvgIpc) is 0.745. The van der Waals surface area contributed by atoms with Gasteiger partial charge in [0.1, 0.15) is 150 Å². The van der Waals surface area contributed by atoms with Crippen LogP contribution >= 0.6 is 23.2 Å². The van der Waals surface area contributed by atoms with E-state index in [2.05, 4.69) is 37.2 Å². The van der Waals surface area contributed by atoms with Crippen molar-refractivity contribution in [2.45, 2.75) is 154 Å². The van der Waals surface area contributed by atoms with Crippen LogP contribution in [0.2, 0.25) is 10.0 Å². The second-order valence-corrected chi connectivity index (χ2v) is 30.1. The number of amides is 7. The van der Waals surface area contributed by atoms with Gasteiger partial charge in [-0.2, -0.15) is 0 Å². The molecule has 17 bridgehead atoms. The molecular weight excluding hydrogens is 1650 g/mol. The predicted octanol–water partition coefficient (Wildman–Crippen LogP) is -2.13. The number of aliphatic carboxylic acids is 1. The summed E-state index contributed by atoms with van der Waals surface area (Å²) in [6.07, 6.45) is -28.6. The van der Waals surface area contributed by atoms with Gasteiger partial charge in [-0.25, -0.2) is 4.79 Å². The molecule has 26 N–H and O–H groups in total. The number of aromatic hydroxyl groups is 4. The van der Waals surface area contributed by atoms with Crippen molar-refractivity contribution in [3.8, 4) is 80.1 Å². The minimum Gasteiger partial charge on any atom is -0.508 e. The largest absolute Gasteiger partial charge is 0.508 e. The van der Waals surface area contributed by atoms with Crippen LogP contribution < -0.4 is 72.4 Å². The van der Waals surface area contributed by atoms with E-state index < -0.39 is 299 Å². The molecule has 41 nitrogen and oxygen atoms in total. The fourth-order valence-corrected chi connectivity index (χ4v) is 15.4. The van der Waals surface area contributed by atoms with Crippen LogP contribution in [0, 0.1) is 0 Å². The van der Waals surface area contributed by atoms with Gasteiger partial charge in [0, 0.05) is 42.2 Å². The number of aliphatic hydroxyl groups excluding tert-OH is 10. The molecule has 0 spiro atoms. The van der Waals surface area contributed by atoms with Crippen molar-refractivity contribution in [1.82, 2.24) is 37.2 Å². The summed E-state index contributed by atoms with van der Waals surface area (Å²) in [6.45, 7) is -2.10. The number of phenolic OH excluding ortho intramolecular Hbond substituents is 4. The first-order chi connectivity index (χ1) is 57.6. The predicted molar refractivity (Wildman–Crippen MR) is 407 cm³/mol. The number of ether oxygens (including phenoxy) is 9. The number of nitrogens with one attached hydrogen (secondary N) is 7. The number of fused-ring (bicyclic) bond motifs is 14. The van der Waals surface area contributed by atoms with Gasteiger partial charge >= 0.3 is 5.97 Å². The van der Waals surface area contributed by atoms with Crippen molar-refractivity contribution in [3.63, 3.8) is 0 Å². The summed E-state index contributed by atoms with van der Waals surface area (Å²) in [5.41, 5.74) is 9.40. The number of hydrogen-bond donors (Lipinski definition) is 24. The van der Waals surface area contributed by atoms with Crippen LogP contribution in [-0.2, 0) is 63.7 Å². The van der Waals surface area contributed by atoms with Crippen molar-refractivity contribution < 1.29 is 158 Å². The number of hydrogen-bond acceptors (Lipinski definition) is 33. The maximum absolute atomic E-state index is 16.8. The van der Waals surface area contributed by atoms with E-state index in [-0.39, 0.29) is 44.5 Å². The Hall–Kier alpha value is -11.6. The molecule has 7 aromatic carbocycles. The quantitative estimate of drug-likeness (QED) is 0.0657. The molecule has 9 aliphatic rings. The van der Waals surface area contributed by atoms with Crippen LogP contribution in [0.25, 0.3) is 11.1 Å². The van der Waals surface area contributed by atoms with Crippen LogP contribution in [0.15, 0.2) is 115 Å². The number of halogens is 2. The first-order valence-electron chi connectivity index (χ1n) is 37.1. The van der Waals surface area contributed by atoms with Crippen LogP contribution in [-0.4, -0.2) is 248 Å². The number of phenols is 4. The summed E-state index contributed by atoms with van der Waals surface area (Å²) in [5, 5.41) is 185. The van der Waals surface area contributed by atoms with E-state index in [4.69, 9.17) is 77.3 Å². The number of nitrogens with two attached hydrogens (primary N) is 2. The number of carboxylic acids is 1. The maximum atomic E-state index is 16.8. The lowest BCUT2D eigenvalue weighted by Gasteiger charge is -2.44. The maximum Gasteiger partial charge on any atom is 0.330 e. The molecular formula is C78H79Cl2N9O32. The zero-order chi connectivity index (χ0) is 86.8. The van der Waals surface area contributed by atoms with E-state index in [9.17, 15) is 91.0 Å². The van der Waals surface area contributed by atoms with Crippen LogP contribution in [0.1, 0.15) is 82.2 Å². The Balaban J connectivity index is 1.04. The molecule has 23 atom stereocenters. The van der Waals surface area contributed by atoms with E-state index in [0.29, 0.717) is 0 Å². The molecule has 0 radical (unpaired) electrons. The molecule has 0 saturated carbocycles. The standard InChI is InChI=1S/C78H79Cl2N9O32/c1-25(93)83-58-64(102)61(99)49(23-91)118-77(58)120-67-29-5-9-43(38(80)15-29)115-47-18-31-17-46(68(47)121-76-53(82)63(101)60(98)48(22-90)117-76)114-42-8-2-26(10-37(42)79)11-39-69(105)85-55(30-12-32(94)19-34(13-30)113-44-16-27(3-7-41(44)97)52(81)70(106)84-39)72(108)87-56(31)73(109)86-54-28-4-6-40(96)35(14-28)51-36(57(75(111)112)88-74(110)59(67)89-71(54)107)20-33(95)21-45(51)116-78-66(104)65(103)62(100)50(24-92)119-78/h2-10,12-21,39,48-50,52-67,76-78,90-92,94-104H,11,22-24,81-82H2,1H3,(H,83,93)(H,84,106)(H,85,105)(H,86,109)(H,87,108)(H,88,110)(H,89,107)(H,111,112)/t39-,48+,49+,50+,52+,53+,54-,55-,56+,57+,58+,59-,60+,61+,62+,63+,64+,65-,66-,67+,76-,77-,78-/m0/s1. The van der Waals surface area contributed by atoms with Gasteiger partial charge in [-0.1, -0.05) is 47.5 Å². The molecule has 3 saturated heterocycles. The van der Waals surface area contributed by atoms with E-state index in [0.717, 1.165) is 91.9 Å². The average molecular weight is 1730 g/mol. The topological polar surface area (TPSA) is 659 Å². The van der Waals surface area contributed by atoms with Crippen molar-refractivity contribution in [1.29, 1.82) is 0 Å². The summed E-state index contributed by atoms with van der Waals surface area (Å²) < 4.78 is 56.4. The van der Waals surface area contributed by atoms with Crippen LogP contribution in [0.3, 0.4) is 0 Å². The van der Waals surface area contributed by atoms with Gasteiger partial charge in [-0.3, -0.25) is 33.6 Å². The van der Waals surface area contributed by atoms with Gasteiger partial charge in [-0.05, 0) is 112 Å². The number of carbonyl (C=O) groups excluding carboxylic acids is 7. The second-order valence-electron chi connectivity index (χ2n) is 29.3. The highest BCUT2D eigenvalue weighted by molar-refractivity contribution is 6.32. The lowest BCUT2D eigenvalue weighted by molar-refractivity contribution is -0.284. The lowest BCUT2D eigenvalue weighted by atomic mass is 9.89. The number of benzene rings is 7. The number of aliphatic hydroxyl groups is 10. The van der Waals surface area contributed by atoms with Crippen molar-refractivity contribution in [2.24, 2.45) is 11.5 Å². The summed E-state index contributed by atoms with van der Waals surface area (Å²) in [7, 11) is 0. The molecule has 7 aromatic rings. The highest BCUT2D eigenvalue weighted by Crippen LogP contribution is 2.51. The minimum absolute atomic E-state index is 0.0346. The Morgan fingerprint density at radius 2 is 1.05 bits per heavy atom. The molecule has 3 fully saturated rings. The Morgan fingerprint density at radius 1 is 0.496 bits per heavy atom. The minimum atomic E-state index is -2.57. The first kappa shape index (κ1) is 85.8. The SMILES string of the molecule is CC(=O)N[C@H]1[C@H](O[C@@H]2c3ccc(c(Cl)c3)Oc3cc4cc(c3O[C@@H]3O[C@H](CO)[C@@H](O)[C@H](O)[C@H]3N)Oc3ccc(cc3Cl)C[C@@H]3NC(=O)[C@H](N)c5ccc(O)c(c5)Oc5cc(O)cc(c5)[C@H](NC3=O)C(=O)N[C@H]4C(=O)N[C@@H]3C(=O)N[C@@H]2C(=O)N[C@@H](C(=O)O)c2cc(O)cc(O[C@H]4O[C@H](CO)[C@@H](O)[C@H](O)[C@@H]4O)c2-c2cc3ccc2O)O[C@H](CO)[C@@H](O)[C@@H]1O. The van der Waals surface area contributed by atoms with Gasteiger partial charge in [0.15, 0.2) is 35.3 Å². The number of carbonyl (C=O) groups is 8. The zero-order valence-corrected chi connectivity index (χ0v) is 64.1. The van der Waals surface area contributed by atoms with E-state index in [1.54, 1.807) is 0 Å². The zero-order valence-electron chi connectivity index (χ0n) is 62.6. The number of carboxylic acid groups (broad SMARTS) is 1. The van der Waals surface area contributed by atoms with E-state index in [1.807, 2.05) is 0 Å². The van der Waals surface area contributed by atoms with Crippen molar-refractivity contribution in [3.05, 3.63) is 164 Å². The smallest absolute Gasteiger partial charge is 0.330 e. The molecule has 121 heavy (non-hydrogen) atoms. The van der Waals surface area contributed by atoms with Crippen LogP contribution in [0.5, 0.6) is 69.0 Å². The Morgan fingerprint density at radius 3 is 1.69 bits per heavy atom. The molecule has 0 aliphatic carbocycles. The Labute approximate surface area is 691 Å². The molecule has 9 aliphatic heterocycles. The van der Waals surface area contributed by atoms with Crippen molar-refractivity contribution >= 4 is 70.5 Å². The molecule has 0 unspecified atom stereocenters.